The maximum Gasteiger partial charge on any atom is 0.293 e. The molecular weight excluding hydrogens is 472 g/mol. The second kappa shape index (κ2) is 10.2. The van der Waals surface area contributed by atoms with Gasteiger partial charge in [-0.15, -0.1) is 0 Å². The van der Waals surface area contributed by atoms with Crippen LogP contribution in [0.25, 0.3) is 11.3 Å². The summed E-state index contributed by atoms with van der Waals surface area (Å²) in [7, 11) is 0. The van der Waals surface area contributed by atoms with Gasteiger partial charge in [0.25, 0.3) is 12.4 Å². The topological polar surface area (TPSA) is 60.3 Å². The molecule has 1 heterocycles. The van der Waals surface area contributed by atoms with E-state index in [-0.39, 0.29) is 28.9 Å². The van der Waals surface area contributed by atoms with Crippen LogP contribution in [0.1, 0.15) is 118 Å². The van der Waals surface area contributed by atoms with E-state index in [9.17, 15) is 9.59 Å². The van der Waals surface area contributed by atoms with Crippen molar-refractivity contribution >= 4 is 12.4 Å². The molecule has 5 rings (SSSR count). The number of carbonyl (C=O) groups excluding carboxylic acids is 2. The zero-order valence-corrected chi connectivity index (χ0v) is 24.3. The van der Waals surface area contributed by atoms with E-state index in [1.54, 1.807) is 0 Å². The molecule has 1 N–H and O–H groups in total. The summed E-state index contributed by atoms with van der Waals surface area (Å²) in [5.41, 5.74) is 8.54. The first-order valence-corrected chi connectivity index (χ1v) is 14.8. The van der Waals surface area contributed by atoms with E-state index in [0.29, 0.717) is 25.2 Å². The lowest BCUT2D eigenvalue weighted by Gasteiger charge is -2.34. The SMILES string of the molecule is Cc1c(C(=O)N[C@H]2C[C@H](OC=O)C2)c(C)n(CC2CCCCC2)c1-c1cc(C(C)(C)C)cc(C2(C)CC2)c1. The fourth-order valence-corrected chi connectivity index (χ4v) is 6.61. The number of hydrogen-bond acceptors (Lipinski definition) is 3. The number of hydrogen-bond donors (Lipinski definition) is 1. The average molecular weight is 519 g/mol. The quantitative estimate of drug-likeness (QED) is 0.378. The van der Waals surface area contributed by atoms with Crippen molar-refractivity contribution in [3.8, 4) is 11.3 Å². The Morgan fingerprint density at radius 3 is 2.39 bits per heavy atom. The molecular formula is C33H46N2O3. The molecule has 0 atom stereocenters. The Morgan fingerprint density at radius 2 is 1.79 bits per heavy atom. The number of nitrogens with one attached hydrogen (secondary N) is 1. The molecule has 0 aliphatic heterocycles. The zero-order chi connectivity index (χ0) is 27.2. The maximum absolute atomic E-state index is 13.7. The molecule has 3 aliphatic carbocycles. The fourth-order valence-electron chi connectivity index (χ4n) is 6.61. The highest BCUT2D eigenvalue weighted by atomic mass is 16.5. The second-order valence-corrected chi connectivity index (χ2v) is 13.7. The first-order valence-electron chi connectivity index (χ1n) is 14.8. The molecule has 5 nitrogen and oxygen atoms in total. The van der Waals surface area contributed by atoms with E-state index < -0.39 is 0 Å². The summed E-state index contributed by atoms with van der Waals surface area (Å²) in [6.07, 6.45) is 10.3. The van der Waals surface area contributed by atoms with Crippen LogP contribution in [0.2, 0.25) is 0 Å². The Hall–Kier alpha value is -2.56. The Morgan fingerprint density at radius 1 is 1.11 bits per heavy atom. The van der Waals surface area contributed by atoms with E-state index in [0.717, 1.165) is 23.4 Å². The molecule has 3 aliphatic rings. The molecule has 5 heteroatoms. The molecule has 1 aromatic carbocycles. The highest BCUT2D eigenvalue weighted by Gasteiger charge is 2.40. The van der Waals surface area contributed by atoms with Gasteiger partial charge >= 0.3 is 0 Å². The van der Waals surface area contributed by atoms with E-state index in [2.05, 4.69) is 69.6 Å². The summed E-state index contributed by atoms with van der Waals surface area (Å²) < 4.78 is 7.53. The third kappa shape index (κ3) is 5.31. The number of rotatable bonds is 8. The molecule has 0 saturated heterocycles. The molecule has 1 aromatic heterocycles. The third-order valence-corrected chi connectivity index (χ3v) is 9.61. The molecule has 0 bridgehead atoms. The van der Waals surface area contributed by atoms with Gasteiger partial charge < -0.3 is 14.6 Å². The Balaban J connectivity index is 1.56. The van der Waals surface area contributed by atoms with E-state index >= 15 is 0 Å². The van der Waals surface area contributed by atoms with Crippen molar-refractivity contribution in [1.29, 1.82) is 0 Å². The number of ether oxygens (including phenoxy) is 1. The van der Waals surface area contributed by atoms with Crippen LogP contribution < -0.4 is 5.32 Å². The van der Waals surface area contributed by atoms with Crippen LogP contribution in [0.3, 0.4) is 0 Å². The molecule has 0 spiro atoms. The molecule has 206 valence electrons. The summed E-state index contributed by atoms with van der Waals surface area (Å²) in [5, 5.41) is 3.23. The molecule has 1 amide bonds. The van der Waals surface area contributed by atoms with Crippen molar-refractivity contribution < 1.29 is 14.3 Å². The Kier molecular flexibility index (Phi) is 7.26. The lowest BCUT2D eigenvalue weighted by Crippen LogP contribution is -2.47. The third-order valence-electron chi connectivity index (χ3n) is 9.61. The minimum absolute atomic E-state index is 0.000415. The molecule has 2 aromatic rings. The van der Waals surface area contributed by atoms with Gasteiger partial charge in [-0.1, -0.05) is 53.0 Å². The van der Waals surface area contributed by atoms with Crippen molar-refractivity contribution in [1.82, 2.24) is 9.88 Å². The maximum atomic E-state index is 13.7. The number of benzene rings is 1. The lowest BCUT2D eigenvalue weighted by molar-refractivity contribution is -0.138. The molecule has 0 radical (unpaired) electrons. The van der Waals surface area contributed by atoms with Crippen molar-refractivity contribution in [2.45, 2.75) is 129 Å². The van der Waals surface area contributed by atoms with Gasteiger partial charge in [0.15, 0.2) is 0 Å². The van der Waals surface area contributed by atoms with E-state index in [4.69, 9.17) is 4.74 Å². The molecule has 38 heavy (non-hydrogen) atoms. The number of carbonyl (C=O) groups is 2. The largest absolute Gasteiger partial charge is 0.464 e. The average Bonchev–Trinajstić information content (AvgIpc) is 3.55. The Bertz CT molecular complexity index is 1180. The van der Waals surface area contributed by atoms with Crippen LogP contribution in [0.5, 0.6) is 0 Å². The standard InChI is InChI=1S/C33H46N2O3/c1-21-29(31(37)34-27-17-28(18-27)38-20-36)22(2)35(19-23-10-8-7-9-11-23)30(21)24-14-25(32(3,4)5)16-26(15-24)33(6)12-13-33/h14-16,20,23,27-28H,7-13,17-19H2,1-6H3,(H,34,37)/t27-,28-. The minimum atomic E-state index is -0.0752. The van der Waals surface area contributed by atoms with Gasteiger partial charge in [-0.05, 0) is 90.7 Å². The molecule has 0 unspecified atom stereocenters. The normalized spacial score (nSPS) is 23.0. The second-order valence-electron chi connectivity index (χ2n) is 13.7. The summed E-state index contributed by atoms with van der Waals surface area (Å²) in [6.45, 7) is 15.0. The Labute approximate surface area is 228 Å². The van der Waals surface area contributed by atoms with Gasteiger partial charge in [0.05, 0.1) is 11.3 Å². The van der Waals surface area contributed by atoms with Crippen LogP contribution in [-0.4, -0.2) is 29.1 Å². The summed E-state index contributed by atoms with van der Waals surface area (Å²) in [5.74, 6) is 0.655. The predicted molar refractivity (Wildman–Crippen MR) is 153 cm³/mol. The smallest absolute Gasteiger partial charge is 0.293 e. The predicted octanol–water partition coefficient (Wildman–Crippen LogP) is 7.14. The van der Waals surface area contributed by atoms with Crippen molar-refractivity contribution in [2.24, 2.45) is 5.92 Å². The molecule has 3 saturated carbocycles. The van der Waals surface area contributed by atoms with Crippen molar-refractivity contribution in [3.05, 3.63) is 46.1 Å². The van der Waals surface area contributed by atoms with E-state index in [1.807, 2.05) is 0 Å². The summed E-state index contributed by atoms with van der Waals surface area (Å²) in [4.78, 5) is 24.3. The first kappa shape index (κ1) is 27.0. The summed E-state index contributed by atoms with van der Waals surface area (Å²) in [6, 6.07) is 7.27. The summed E-state index contributed by atoms with van der Waals surface area (Å²) >= 11 is 0. The first-order chi connectivity index (χ1) is 18.0. The van der Waals surface area contributed by atoms with Gasteiger partial charge in [0.1, 0.15) is 6.10 Å². The van der Waals surface area contributed by atoms with Gasteiger partial charge in [0, 0.05) is 31.1 Å². The lowest BCUT2D eigenvalue weighted by atomic mass is 9.82. The van der Waals surface area contributed by atoms with Crippen LogP contribution in [0, 0.1) is 19.8 Å². The highest BCUT2D eigenvalue weighted by Crippen LogP contribution is 2.49. The van der Waals surface area contributed by atoms with Crippen LogP contribution in [0.4, 0.5) is 0 Å². The highest BCUT2D eigenvalue weighted by molar-refractivity contribution is 5.99. The molecule has 3 fully saturated rings. The fraction of sp³-hybridized carbons (Fsp3) is 0.636. The number of amides is 1. The monoisotopic (exact) mass is 518 g/mol. The van der Waals surface area contributed by atoms with Crippen LogP contribution in [-0.2, 0) is 26.9 Å². The van der Waals surface area contributed by atoms with Gasteiger partial charge in [-0.2, -0.15) is 0 Å². The minimum Gasteiger partial charge on any atom is -0.464 e. The van der Waals surface area contributed by atoms with Crippen molar-refractivity contribution in [3.63, 3.8) is 0 Å². The number of nitrogens with zero attached hydrogens (tertiary/aromatic N) is 1. The van der Waals surface area contributed by atoms with Gasteiger partial charge in [-0.3, -0.25) is 9.59 Å². The van der Waals surface area contributed by atoms with Crippen molar-refractivity contribution in [2.75, 3.05) is 0 Å². The van der Waals surface area contributed by atoms with Gasteiger partial charge in [0.2, 0.25) is 0 Å². The van der Waals surface area contributed by atoms with E-state index in [1.165, 1.54) is 67.3 Å². The number of aromatic nitrogens is 1. The van der Waals surface area contributed by atoms with Crippen LogP contribution in [0.15, 0.2) is 18.2 Å². The van der Waals surface area contributed by atoms with Crippen LogP contribution >= 0.6 is 0 Å². The van der Waals surface area contributed by atoms with Gasteiger partial charge in [-0.25, -0.2) is 0 Å². The zero-order valence-electron chi connectivity index (χ0n) is 24.3.